The zero-order chi connectivity index (χ0) is 52.0. The third kappa shape index (κ3) is 13.9. The lowest BCUT2D eigenvalue weighted by Crippen LogP contribution is -2.36. The number of esters is 4. The Labute approximate surface area is 411 Å². The Kier molecular flexibility index (Phi) is 18.8. The summed E-state index contributed by atoms with van der Waals surface area (Å²) in [5, 5.41) is 53.7. The summed E-state index contributed by atoms with van der Waals surface area (Å²) < 4.78 is 33.2. The third-order valence-electron chi connectivity index (χ3n) is 12.0. The van der Waals surface area contributed by atoms with Crippen LogP contribution in [0.5, 0.6) is 0 Å². The van der Waals surface area contributed by atoms with E-state index in [9.17, 15) is 49.2 Å². The van der Waals surface area contributed by atoms with Crippen molar-refractivity contribution in [3.8, 4) is 11.4 Å². The standard InChI is InChI=1S/C46H61N11O15/c1-28(62)29-11-10-12-30(17-29)39-48-38-40(49-44(47)50-41(38)65)57(39)35-18-33(72-37(64)14-7-5-9-16-56-20-32(52-54-56)22-70-43(67)46(3,26-60)27-61)34(71-35)23-68-36(63)13-6-4-8-15-55-19-31(51-53-55)21-69-42(66)45(2,24-58)25-59/h10-12,17,19-20,33-35,58-61H,4-9,13-16,18,21-27H2,1-3H3,(H3,47,49,50,65)/t33-,34+,35+/m0/s1. The number of rotatable bonds is 28. The van der Waals surface area contributed by atoms with E-state index in [2.05, 4.69) is 35.6 Å². The maximum absolute atomic E-state index is 13.4. The minimum absolute atomic E-state index is 0.0352. The minimum Gasteiger partial charge on any atom is -0.463 e. The zero-order valence-electron chi connectivity index (χ0n) is 40.3. The molecular weight excluding hydrogens is 947 g/mol. The predicted molar refractivity (Wildman–Crippen MR) is 248 cm³/mol. The summed E-state index contributed by atoms with van der Waals surface area (Å²) in [6.07, 6.45) is 3.92. The van der Waals surface area contributed by atoms with E-state index in [-0.39, 0.29) is 67.8 Å². The van der Waals surface area contributed by atoms with E-state index in [1.54, 1.807) is 50.6 Å². The maximum Gasteiger partial charge on any atom is 0.316 e. The molecule has 1 saturated heterocycles. The number of aryl methyl sites for hydroxylation is 2. The van der Waals surface area contributed by atoms with E-state index in [0.29, 0.717) is 74.1 Å². The first kappa shape index (κ1) is 54.3. The summed E-state index contributed by atoms with van der Waals surface area (Å²) >= 11 is 0. The lowest BCUT2D eigenvalue weighted by molar-refractivity contribution is -0.162. The number of unbranched alkanes of at least 4 members (excludes halogenated alkanes) is 4. The summed E-state index contributed by atoms with van der Waals surface area (Å²) in [6, 6.07) is 6.64. The number of H-pyrrole nitrogens is 1. The third-order valence-corrected chi connectivity index (χ3v) is 12.0. The number of aromatic amines is 1. The Morgan fingerprint density at radius 3 is 1.92 bits per heavy atom. The summed E-state index contributed by atoms with van der Waals surface area (Å²) in [5.74, 6) is -2.74. The van der Waals surface area contributed by atoms with Crippen molar-refractivity contribution in [1.82, 2.24) is 49.5 Å². The number of imidazole rings is 1. The number of nitrogens with one attached hydrogen (secondary N) is 1. The number of carbonyl (C=O) groups is 5. The Balaban J connectivity index is 1.05. The number of anilines is 1. The number of aliphatic hydroxyl groups excluding tert-OH is 4. The summed E-state index contributed by atoms with van der Waals surface area (Å²) in [4.78, 5) is 87.9. The molecule has 0 bridgehead atoms. The molecule has 5 heterocycles. The van der Waals surface area contributed by atoms with Crippen molar-refractivity contribution >= 4 is 46.8 Å². The van der Waals surface area contributed by atoms with Gasteiger partial charge >= 0.3 is 23.9 Å². The molecule has 72 heavy (non-hydrogen) atoms. The van der Waals surface area contributed by atoms with Crippen LogP contribution in [0.4, 0.5) is 5.95 Å². The quantitative estimate of drug-likeness (QED) is 0.0177. The number of aromatic nitrogens is 10. The van der Waals surface area contributed by atoms with Crippen molar-refractivity contribution in [3.63, 3.8) is 0 Å². The molecule has 0 radical (unpaired) electrons. The average molecular weight is 1010 g/mol. The van der Waals surface area contributed by atoms with Crippen molar-refractivity contribution in [2.45, 2.75) is 123 Å². The molecule has 390 valence electrons. The molecular formula is C46H61N11O15. The number of hydrogen-bond donors (Lipinski definition) is 6. The van der Waals surface area contributed by atoms with Crippen LogP contribution in [0.15, 0.2) is 41.5 Å². The van der Waals surface area contributed by atoms with E-state index < -0.39 is 85.1 Å². The lowest BCUT2D eigenvalue weighted by atomic mass is 9.93. The molecule has 0 aliphatic carbocycles. The summed E-state index contributed by atoms with van der Waals surface area (Å²) in [6.45, 7) is 2.10. The normalized spacial score (nSPS) is 16.0. The van der Waals surface area contributed by atoms with Gasteiger partial charge < -0.3 is 49.8 Å². The lowest BCUT2D eigenvalue weighted by Gasteiger charge is -2.21. The van der Waals surface area contributed by atoms with Gasteiger partial charge in [-0.1, -0.05) is 41.5 Å². The maximum atomic E-state index is 13.4. The molecule has 4 aromatic heterocycles. The molecule has 0 amide bonds. The van der Waals surface area contributed by atoms with Gasteiger partial charge in [-0.25, -0.2) is 4.98 Å². The van der Waals surface area contributed by atoms with Crippen LogP contribution in [-0.2, 0) is 69.2 Å². The molecule has 0 saturated carbocycles. The number of ether oxygens (including phenoxy) is 5. The van der Waals surface area contributed by atoms with E-state index >= 15 is 0 Å². The molecule has 1 fully saturated rings. The molecule has 1 aromatic carbocycles. The molecule has 26 heteroatoms. The topological polar surface area (TPSA) is 363 Å². The first-order valence-corrected chi connectivity index (χ1v) is 23.4. The molecule has 1 aliphatic heterocycles. The SMILES string of the molecule is CC(=O)c1cccc(-c2nc3c(=O)[nH]c(N)nc3n2[C@H]2C[C@H](OC(=O)CCCCCn3cc(COC(=O)C(C)(CO)CO)nn3)[C@@H](COC(=O)CCCCCn3cc(COC(=O)C(C)(CO)CO)nn3)O2)c1. The van der Waals surface area contributed by atoms with Crippen molar-refractivity contribution < 1.29 is 68.1 Å². The van der Waals surface area contributed by atoms with Gasteiger partial charge in [-0.15, -0.1) is 10.2 Å². The van der Waals surface area contributed by atoms with Gasteiger partial charge in [0.2, 0.25) is 5.95 Å². The first-order valence-electron chi connectivity index (χ1n) is 23.4. The van der Waals surface area contributed by atoms with Crippen LogP contribution in [0, 0.1) is 10.8 Å². The Bertz CT molecular complexity index is 2720. The van der Waals surface area contributed by atoms with Crippen LogP contribution in [-0.4, -0.2) is 145 Å². The van der Waals surface area contributed by atoms with Crippen molar-refractivity contribution in [3.05, 3.63) is 64.0 Å². The van der Waals surface area contributed by atoms with E-state index in [0.717, 1.165) is 0 Å². The molecule has 1 aliphatic rings. The zero-order valence-corrected chi connectivity index (χ0v) is 40.3. The van der Waals surface area contributed by atoms with Crippen molar-refractivity contribution in [1.29, 1.82) is 0 Å². The highest BCUT2D eigenvalue weighted by Gasteiger charge is 2.42. The number of hydrogen-bond acceptors (Lipinski definition) is 22. The minimum atomic E-state index is -1.44. The van der Waals surface area contributed by atoms with Gasteiger partial charge in [0.05, 0.1) is 38.8 Å². The highest BCUT2D eigenvalue weighted by atomic mass is 16.6. The highest BCUT2D eigenvalue weighted by molar-refractivity contribution is 5.95. The van der Waals surface area contributed by atoms with E-state index in [1.165, 1.54) is 20.8 Å². The second kappa shape index (κ2) is 24.9. The van der Waals surface area contributed by atoms with E-state index in [1.807, 2.05) is 0 Å². The van der Waals surface area contributed by atoms with Crippen molar-refractivity contribution in [2.75, 3.05) is 38.8 Å². The van der Waals surface area contributed by atoms with Gasteiger partial charge in [0.15, 0.2) is 16.9 Å². The van der Waals surface area contributed by atoms with Crippen molar-refractivity contribution in [2.24, 2.45) is 10.8 Å². The smallest absolute Gasteiger partial charge is 0.316 e. The Hall–Kier alpha value is -7.00. The second-order valence-corrected chi connectivity index (χ2v) is 18.1. The number of nitrogen functional groups attached to an aromatic ring is 1. The van der Waals surface area contributed by atoms with Crippen LogP contribution < -0.4 is 11.3 Å². The second-order valence-electron chi connectivity index (χ2n) is 18.1. The van der Waals surface area contributed by atoms with E-state index in [4.69, 9.17) is 29.4 Å². The fourth-order valence-electron chi connectivity index (χ4n) is 7.42. The number of carbonyl (C=O) groups excluding carboxylic acids is 5. The highest BCUT2D eigenvalue weighted by Crippen LogP contribution is 2.37. The molecule has 5 aromatic rings. The molecule has 0 unspecified atom stereocenters. The number of nitrogens with two attached hydrogens (primary N) is 1. The molecule has 3 atom stereocenters. The number of nitrogens with zero attached hydrogens (tertiary/aromatic N) is 9. The number of Topliss-reactive ketones (excluding diaryl/α,β-unsaturated/α-hetero) is 1. The number of ketones is 1. The van der Waals surface area contributed by atoms with Crippen LogP contribution in [0.3, 0.4) is 0 Å². The fourth-order valence-corrected chi connectivity index (χ4v) is 7.42. The first-order chi connectivity index (χ1) is 34.5. The Morgan fingerprint density at radius 1 is 0.792 bits per heavy atom. The number of fused-ring (bicyclic) bond motifs is 1. The van der Waals surface area contributed by atoms with Crippen LogP contribution in [0.25, 0.3) is 22.6 Å². The Morgan fingerprint density at radius 2 is 1.36 bits per heavy atom. The predicted octanol–water partition coefficient (Wildman–Crippen LogP) is 1.09. The summed E-state index contributed by atoms with van der Waals surface area (Å²) in [5.41, 5.74) is 4.13. The van der Waals surface area contributed by atoms with Gasteiger partial charge in [-0.05, 0) is 52.5 Å². The molecule has 6 rings (SSSR count). The van der Waals surface area contributed by atoms with Gasteiger partial charge in [-0.2, -0.15) is 4.98 Å². The van der Waals surface area contributed by atoms with Crippen LogP contribution >= 0.6 is 0 Å². The van der Waals surface area contributed by atoms with Crippen LogP contribution in [0.2, 0.25) is 0 Å². The molecule has 7 N–H and O–H groups in total. The monoisotopic (exact) mass is 1010 g/mol. The number of benzene rings is 1. The van der Waals surface area contributed by atoms with Gasteiger partial charge in [-0.3, -0.25) is 47.7 Å². The van der Waals surface area contributed by atoms with Crippen LogP contribution in [0.1, 0.15) is 107 Å². The van der Waals surface area contributed by atoms with Gasteiger partial charge in [0.25, 0.3) is 5.56 Å². The molecule has 26 nitrogen and oxygen atoms in total. The van der Waals surface area contributed by atoms with Gasteiger partial charge in [0, 0.05) is 43.5 Å². The molecule has 0 spiro atoms. The fraction of sp³-hybridized carbons (Fsp3) is 0.565. The largest absolute Gasteiger partial charge is 0.463 e. The average Bonchev–Trinajstić information content (AvgIpc) is 4.20. The summed E-state index contributed by atoms with van der Waals surface area (Å²) in [7, 11) is 0. The number of aliphatic hydroxyl groups is 4. The van der Waals surface area contributed by atoms with Gasteiger partial charge in [0.1, 0.15) is 66.3 Å².